The first-order valence-electron chi connectivity index (χ1n) is 6.31. The molecule has 1 unspecified atom stereocenters. The molecule has 6 nitrogen and oxygen atoms in total. The smallest absolute Gasteiger partial charge is 0.321 e. The van der Waals surface area contributed by atoms with E-state index in [1.165, 1.54) is 6.42 Å². The standard InChI is InChI=1S/C12H20N2O4/c1-8(9-4-2-5-9)13-12(18)14-10(15)6-3-7-11(16)17/h8-9H,2-7H2,1H3,(H,16,17)(H2,13,14,15,18). The van der Waals surface area contributed by atoms with E-state index in [1.54, 1.807) is 0 Å². The topological polar surface area (TPSA) is 95.5 Å². The predicted molar refractivity (Wildman–Crippen MR) is 65.0 cm³/mol. The predicted octanol–water partition coefficient (Wildman–Crippen LogP) is 1.26. The molecule has 1 fully saturated rings. The molecule has 1 aliphatic carbocycles. The molecule has 0 aromatic heterocycles. The molecular weight excluding hydrogens is 236 g/mol. The Morgan fingerprint density at radius 1 is 1.28 bits per heavy atom. The van der Waals surface area contributed by atoms with Crippen LogP contribution in [0.4, 0.5) is 4.79 Å². The Balaban J connectivity index is 2.14. The van der Waals surface area contributed by atoms with Gasteiger partial charge in [0.05, 0.1) is 0 Å². The molecule has 0 bridgehead atoms. The first-order chi connectivity index (χ1) is 8.49. The van der Waals surface area contributed by atoms with Crippen molar-refractivity contribution >= 4 is 17.9 Å². The van der Waals surface area contributed by atoms with Gasteiger partial charge in [-0.05, 0) is 32.1 Å². The minimum Gasteiger partial charge on any atom is -0.481 e. The van der Waals surface area contributed by atoms with E-state index in [4.69, 9.17) is 5.11 Å². The van der Waals surface area contributed by atoms with Crippen molar-refractivity contribution < 1.29 is 19.5 Å². The summed E-state index contributed by atoms with van der Waals surface area (Å²) in [6.45, 7) is 1.93. The summed E-state index contributed by atoms with van der Waals surface area (Å²) in [7, 11) is 0. The quantitative estimate of drug-likeness (QED) is 0.666. The highest BCUT2D eigenvalue weighted by Crippen LogP contribution is 2.29. The lowest BCUT2D eigenvalue weighted by atomic mass is 9.80. The molecular formula is C12H20N2O4. The zero-order chi connectivity index (χ0) is 13.5. The summed E-state index contributed by atoms with van der Waals surface area (Å²) in [4.78, 5) is 33.0. The maximum Gasteiger partial charge on any atom is 0.321 e. The molecule has 1 saturated carbocycles. The molecule has 1 atom stereocenters. The van der Waals surface area contributed by atoms with Crippen LogP contribution in [0.15, 0.2) is 0 Å². The summed E-state index contributed by atoms with van der Waals surface area (Å²) in [5, 5.41) is 13.3. The van der Waals surface area contributed by atoms with E-state index in [1.807, 2.05) is 6.92 Å². The monoisotopic (exact) mass is 256 g/mol. The fourth-order valence-electron chi connectivity index (χ4n) is 1.89. The van der Waals surface area contributed by atoms with Crippen molar-refractivity contribution in [2.45, 2.75) is 51.5 Å². The fourth-order valence-corrected chi connectivity index (χ4v) is 1.89. The van der Waals surface area contributed by atoms with Gasteiger partial charge in [-0.2, -0.15) is 0 Å². The fraction of sp³-hybridized carbons (Fsp3) is 0.750. The Kier molecular flexibility index (Phi) is 5.61. The third kappa shape index (κ3) is 5.16. The highest BCUT2D eigenvalue weighted by Gasteiger charge is 2.25. The lowest BCUT2D eigenvalue weighted by molar-refractivity contribution is -0.137. The first-order valence-corrected chi connectivity index (χ1v) is 6.31. The van der Waals surface area contributed by atoms with Crippen molar-refractivity contribution in [2.24, 2.45) is 5.92 Å². The van der Waals surface area contributed by atoms with Crippen molar-refractivity contribution in [1.29, 1.82) is 0 Å². The molecule has 1 rings (SSSR count). The van der Waals surface area contributed by atoms with E-state index >= 15 is 0 Å². The molecule has 0 saturated heterocycles. The van der Waals surface area contributed by atoms with Gasteiger partial charge < -0.3 is 10.4 Å². The lowest BCUT2D eigenvalue weighted by Gasteiger charge is -2.31. The van der Waals surface area contributed by atoms with Gasteiger partial charge in [-0.25, -0.2) is 4.79 Å². The molecule has 3 amide bonds. The molecule has 18 heavy (non-hydrogen) atoms. The van der Waals surface area contributed by atoms with Gasteiger partial charge in [0.15, 0.2) is 0 Å². The van der Waals surface area contributed by atoms with Gasteiger partial charge in [-0.15, -0.1) is 0 Å². The zero-order valence-electron chi connectivity index (χ0n) is 10.6. The highest BCUT2D eigenvalue weighted by molar-refractivity contribution is 5.94. The number of aliphatic carboxylic acids is 1. The average molecular weight is 256 g/mol. The second-order valence-corrected chi connectivity index (χ2v) is 4.75. The minimum absolute atomic E-state index is 0.0531. The number of carbonyl (C=O) groups excluding carboxylic acids is 2. The molecule has 1 aliphatic rings. The molecule has 0 aromatic rings. The number of nitrogens with one attached hydrogen (secondary N) is 2. The Labute approximate surface area is 106 Å². The summed E-state index contributed by atoms with van der Waals surface area (Å²) in [6, 6.07) is -0.416. The van der Waals surface area contributed by atoms with Gasteiger partial charge in [0.25, 0.3) is 0 Å². The Bertz CT molecular complexity index is 326. The second-order valence-electron chi connectivity index (χ2n) is 4.75. The average Bonchev–Trinajstić information content (AvgIpc) is 2.12. The number of rotatable bonds is 6. The highest BCUT2D eigenvalue weighted by atomic mass is 16.4. The molecule has 102 valence electrons. The summed E-state index contributed by atoms with van der Waals surface area (Å²) >= 11 is 0. The Morgan fingerprint density at radius 3 is 2.44 bits per heavy atom. The van der Waals surface area contributed by atoms with Crippen molar-refractivity contribution in [3.8, 4) is 0 Å². The van der Waals surface area contributed by atoms with E-state index in [-0.39, 0.29) is 25.3 Å². The van der Waals surface area contributed by atoms with Crippen LogP contribution in [0, 0.1) is 5.92 Å². The van der Waals surface area contributed by atoms with Crippen molar-refractivity contribution in [2.75, 3.05) is 0 Å². The first kappa shape index (κ1) is 14.5. The molecule has 0 heterocycles. The molecule has 3 N–H and O–H groups in total. The van der Waals surface area contributed by atoms with E-state index in [0.717, 1.165) is 12.8 Å². The third-order valence-corrected chi connectivity index (χ3v) is 3.26. The van der Waals surface area contributed by atoms with E-state index in [9.17, 15) is 14.4 Å². The van der Waals surface area contributed by atoms with Crippen molar-refractivity contribution in [3.63, 3.8) is 0 Å². The number of imide groups is 1. The molecule has 6 heteroatoms. The molecule has 0 radical (unpaired) electrons. The maximum atomic E-state index is 11.4. The largest absolute Gasteiger partial charge is 0.481 e. The summed E-state index contributed by atoms with van der Waals surface area (Å²) < 4.78 is 0. The maximum absolute atomic E-state index is 11.4. The zero-order valence-corrected chi connectivity index (χ0v) is 10.6. The SMILES string of the molecule is CC(NC(=O)NC(=O)CCCC(=O)O)C1CCC1. The number of carboxylic acid groups (broad SMARTS) is 1. The van der Waals surface area contributed by atoms with Gasteiger partial charge in [-0.1, -0.05) is 6.42 Å². The van der Waals surface area contributed by atoms with Crippen LogP contribution in [0.1, 0.15) is 45.4 Å². The number of hydrogen-bond acceptors (Lipinski definition) is 3. The van der Waals surface area contributed by atoms with Crippen LogP contribution >= 0.6 is 0 Å². The van der Waals surface area contributed by atoms with Crippen LogP contribution < -0.4 is 10.6 Å². The van der Waals surface area contributed by atoms with Gasteiger partial charge in [0.1, 0.15) is 0 Å². The van der Waals surface area contributed by atoms with Crippen LogP contribution in [0.25, 0.3) is 0 Å². The normalized spacial score (nSPS) is 16.5. The molecule has 0 aromatic carbocycles. The number of carbonyl (C=O) groups is 3. The molecule has 0 spiro atoms. The minimum atomic E-state index is -0.939. The Hall–Kier alpha value is -1.59. The van der Waals surface area contributed by atoms with Gasteiger partial charge in [0.2, 0.25) is 5.91 Å². The van der Waals surface area contributed by atoms with Crippen LogP contribution in [0.5, 0.6) is 0 Å². The lowest BCUT2D eigenvalue weighted by Crippen LogP contribution is -2.47. The van der Waals surface area contributed by atoms with E-state index in [0.29, 0.717) is 5.92 Å². The third-order valence-electron chi connectivity index (χ3n) is 3.26. The van der Waals surface area contributed by atoms with E-state index in [2.05, 4.69) is 10.6 Å². The van der Waals surface area contributed by atoms with E-state index < -0.39 is 17.9 Å². The summed E-state index contributed by atoms with van der Waals surface area (Å²) in [6.07, 6.45) is 3.67. The van der Waals surface area contributed by atoms with Crippen molar-refractivity contribution in [3.05, 3.63) is 0 Å². The number of carboxylic acids is 1. The summed E-state index contributed by atoms with van der Waals surface area (Å²) in [5.74, 6) is -0.863. The Morgan fingerprint density at radius 2 is 1.94 bits per heavy atom. The second kappa shape index (κ2) is 6.98. The van der Waals surface area contributed by atoms with Gasteiger partial charge in [-0.3, -0.25) is 14.9 Å². The van der Waals surface area contributed by atoms with Crippen molar-refractivity contribution in [1.82, 2.24) is 10.6 Å². The molecule has 0 aliphatic heterocycles. The number of urea groups is 1. The van der Waals surface area contributed by atoms with Crippen LogP contribution in [0.3, 0.4) is 0 Å². The summed E-state index contributed by atoms with van der Waals surface area (Å²) in [5.41, 5.74) is 0. The van der Waals surface area contributed by atoms with Crippen LogP contribution in [-0.2, 0) is 9.59 Å². The van der Waals surface area contributed by atoms with Crippen LogP contribution in [-0.4, -0.2) is 29.1 Å². The van der Waals surface area contributed by atoms with Gasteiger partial charge in [0, 0.05) is 18.9 Å². The number of amides is 3. The van der Waals surface area contributed by atoms with Crippen LogP contribution in [0.2, 0.25) is 0 Å². The van der Waals surface area contributed by atoms with Gasteiger partial charge >= 0.3 is 12.0 Å². The number of hydrogen-bond donors (Lipinski definition) is 3.